The second-order valence-electron chi connectivity index (χ2n) is 4.12. The Morgan fingerprint density at radius 2 is 2.24 bits per heavy atom. The van der Waals surface area contributed by atoms with Crippen LogP contribution in [0.4, 0.5) is 5.82 Å². The maximum Gasteiger partial charge on any atom is 0.171 e. The van der Waals surface area contributed by atoms with Crippen molar-refractivity contribution in [2.24, 2.45) is 5.92 Å². The van der Waals surface area contributed by atoms with E-state index in [-0.39, 0.29) is 0 Å². The summed E-state index contributed by atoms with van der Waals surface area (Å²) in [5.41, 5.74) is 0.941. The van der Waals surface area contributed by atoms with Crippen LogP contribution < -0.4 is 10.6 Å². The van der Waals surface area contributed by atoms with Crippen LogP contribution in [-0.4, -0.2) is 16.6 Å². The monoisotopic (exact) mass is 335 g/mol. The zero-order valence-corrected chi connectivity index (χ0v) is 13.1. The number of halogens is 2. The van der Waals surface area contributed by atoms with Gasteiger partial charge < -0.3 is 10.6 Å². The van der Waals surface area contributed by atoms with Crippen molar-refractivity contribution < 1.29 is 0 Å². The van der Waals surface area contributed by atoms with Gasteiger partial charge in [-0.15, -0.1) is 0 Å². The summed E-state index contributed by atoms with van der Waals surface area (Å²) in [4.78, 5) is 4.19. The highest BCUT2D eigenvalue weighted by Crippen LogP contribution is 2.28. The molecule has 6 heteroatoms. The molecule has 94 valence electrons. The first-order chi connectivity index (χ1) is 7.91. The molecule has 17 heavy (non-hydrogen) atoms. The summed E-state index contributed by atoms with van der Waals surface area (Å²) in [6.07, 6.45) is 1.70. The van der Waals surface area contributed by atoms with E-state index in [1.807, 2.05) is 6.92 Å². The van der Waals surface area contributed by atoms with Crippen molar-refractivity contribution in [1.82, 2.24) is 10.3 Å². The molecule has 1 aromatic heterocycles. The predicted molar refractivity (Wildman–Crippen MR) is 80.7 cm³/mol. The molecular weight excluding hydrogens is 322 g/mol. The molecule has 0 aliphatic carbocycles. The lowest BCUT2D eigenvalue weighted by molar-refractivity contribution is 0.627. The Bertz CT molecular complexity index is 423. The standard InChI is InChI=1S/C11H15BrClN3S/c1-6(2)4-15-11(17)16-10-9(13)7(3)8(12)5-14-10/h5-6H,4H2,1-3H3,(H2,14,15,16,17). The number of thiocarbonyl (C=S) groups is 1. The summed E-state index contributed by atoms with van der Waals surface area (Å²) in [6, 6.07) is 0. The fourth-order valence-corrected chi connectivity index (χ4v) is 1.89. The Balaban J connectivity index is 2.69. The van der Waals surface area contributed by atoms with Crippen LogP contribution in [-0.2, 0) is 0 Å². The average molecular weight is 337 g/mol. The molecule has 0 aliphatic heterocycles. The normalized spacial score (nSPS) is 10.5. The SMILES string of the molecule is Cc1c(Br)cnc(NC(=S)NCC(C)C)c1Cl. The number of hydrogen-bond donors (Lipinski definition) is 2. The van der Waals surface area contributed by atoms with Crippen molar-refractivity contribution in [2.45, 2.75) is 20.8 Å². The van der Waals surface area contributed by atoms with E-state index in [4.69, 9.17) is 23.8 Å². The van der Waals surface area contributed by atoms with Gasteiger partial charge in [0.05, 0.1) is 5.02 Å². The summed E-state index contributed by atoms with van der Waals surface area (Å²) in [5, 5.41) is 7.21. The Labute approximate surface area is 120 Å². The maximum atomic E-state index is 6.16. The van der Waals surface area contributed by atoms with Crippen molar-refractivity contribution in [3.8, 4) is 0 Å². The third-order valence-electron chi connectivity index (χ3n) is 2.11. The van der Waals surface area contributed by atoms with E-state index in [1.54, 1.807) is 6.20 Å². The molecule has 0 spiro atoms. The number of aromatic nitrogens is 1. The summed E-state index contributed by atoms with van der Waals surface area (Å²) >= 11 is 14.7. The van der Waals surface area contributed by atoms with E-state index in [0.717, 1.165) is 16.6 Å². The van der Waals surface area contributed by atoms with Crippen LogP contribution in [0.5, 0.6) is 0 Å². The van der Waals surface area contributed by atoms with Crippen LogP contribution >= 0.6 is 39.7 Å². The maximum absolute atomic E-state index is 6.16. The van der Waals surface area contributed by atoms with Gasteiger partial charge in [-0.2, -0.15) is 0 Å². The van der Waals surface area contributed by atoms with Gasteiger partial charge in [-0.05, 0) is 46.6 Å². The summed E-state index contributed by atoms with van der Waals surface area (Å²) in [6.45, 7) is 6.97. The van der Waals surface area contributed by atoms with Crippen LogP contribution in [0.25, 0.3) is 0 Å². The molecule has 0 saturated heterocycles. The molecule has 0 atom stereocenters. The van der Waals surface area contributed by atoms with Crippen LogP contribution in [0, 0.1) is 12.8 Å². The van der Waals surface area contributed by atoms with E-state index in [2.05, 4.69) is 45.4 Å². The van der Waals surface area contributed by atoms with Crippen molar-refractivity contribution in [3.63, 3.8) is 0 Å². The number of rotatable bonds is 3. The highest BCUT2D eigenvalue weighted by Gasteiger charge is 2.09. The Morgan fingerprint density at radius 1 is 1.59 bits per heavy atom. The van der Waals surface area contributed by atoms with E-state index in [0.29, 0.717) is 21.9 Å². The highest BCUT2D eigenvalue weighted by molar-refractivity contribution is 9.10. The number of nitrogens with zero attached hydrogens (tertiary/aromatic N) is 1. The minimum Gasteiger partial charge on any atom is -0.362 e. The van der Waals surface area contributed by atoms with Crippen LogP contribution in [0.15, 0.2) is 10.7 Å². The first-order valence-corrected chi connectivity index (χ1v) is 6.85. The Morgan fingerprint density at radius 3 is 2.82 bits per heavy atom. The molecule has 0 bridgehead atoms. The largest absolute Gasteiger partial charge is 0.362 e. The molecule has 0 saturated carbocycles. The van der Waals surface area contributed by atoms with Gasteiger partial charge in [-0.1, -0.05) is 25.4 Å². The molecule has 1 aromatic rings. The second kappa shape index (κ2) is 6.52. The van der Waals surface area contributed by atoms with E-state index in [1.165, 1.54) is 0 Å². The molecule has 0 fully saturated rings. The second-order valence-corrected chi connectivity index (χ2v) is 5.76. The molecule has 3 nitrogen and oxygen atoms in total. The van der Waals surface area contributed by atoms with Crippen LogP contribution in [0.3, 0.4) is 0 Å². The van der Waals surface area contributed by atoms with E-state index in [9.17, 15) is 0 Å². The highest BCUT2D eigenvalue weighted by atomic mass is 79.9. The fraction of sp³-hybridized carbons (Fsp3) is 0.455. The number of nitrogens with one attached hydrogen (secondary N) is 2. The molecule has 0 radical (unpaired) electrons. The molecule has 0 aliphatic rings. The molecule has 0 amide bonds. The van der Waals surface area contributed by atoms with Gasteiger partial charge >= 0.3 is 0 Å². The van der Waals surface area contributed by atoms with Crippen LogP contribution in [0.2, 0.25) is 5.02 Å². The lowest BCUT2D eigenvalue weighted by Crippen LogP contribution is -2.31. The molecule has 0 unspecified atom stereocenters. The summed E-state index contributed by atoms with van der Waals surface area (Å²) < 4.78 is 0.883. The fourth-order valence-electron chi connectivity index (χ4n) is 1.09. The molecule has 1 heterocycles. The van der Waals surface area contributed by atoms with Gasteiger partial charge in [0, 0.05) is 17.2 Å². The number of hydrogen-bond acceptors (Lipinski definition) is 2. The minimum atomic E-state index is 0.532. The van der Waals surface area contributed by atoms with E-state index >= 15 is 0 Å². The van der Waals surface area contributed by atoms with Gasteiger partial charge in [-0.25, -0.2) is 4.98 Å². The van der Waals surface area contributed by atoms with Crippen molar-refractivity contribution in [2.75, 3.05) is 11.9 Å². The van der Waals surface area contributed by atoms with Gasteiger partial charge in [0.2, 0.25) is 0 Å². The molecule has 2 N–H and O–H groups in total. The van der Waals surface area contributed by atoms with Crippen LogP contribution in [0.1, 0.15) is 19.4 Å². The zero-order chi connectivity index (χ0) is 13.0. The molecule has 1 rings (SSSR count). The lowest BCUT2D eigenvalue weighted by atomic mass is 10.2. The van der Waals surface area contributed by atoms with Crippen molar-refractivity contribution in [3.05, 3.63) is 21.3 Å². The number of anilines is 1. The third kappa shape index (κ3) is 4.41. The van der Waals surface area contributed by atoms with Gasteiger partial charge in [0.25, 0.3) is 0 Å². The quantitative estimate of drug-likeness (QED) is 0.824. The zero-order valence-electron chi connectivity index (χ0n) is 9.97. The smallest absolute Gasteiger partial charge is 0.171 e. The van der Waals surface area contributed by atoms with Gasteiger partial charge in [0.1, 0.15) is 0 Å². The Kier molecular flexibility index (Phi) is 5.62. The van der Waals surface area contributed by atoms with Crippen molar-refractivity contribution >= 4 is 50.7 Å². The number of pyridine rings is 1. The third-order valence-corrected chi connectivity index (χ3v) is 3.61. The molecular formula is C11H15BrClN3S. The summed E-state index contributed by atoms with van der Waals surface area (Å²) in [7, 11) is 0. The van der Waals surface area contributed by atoms with Gasteiger partial charge in [-0.3, -0.25) is 0 Å². The first-order valence-electron chi connectivity index (χ1n) is 5.27. The minimum absolute atomic E-state index is 0.532. The predicted octanol–water partition coefficient (Wildman–Crippen LogP) is 3.75. The van der Waals surface area contributed by atoms with E-state index < -0.39 is 0 Å². The topological polar surface area (TPSA) is 37.0 Å². The Hall–Kier alpha value is -0.390. The lowest BCUT2D eigenvalue weighted by Gasteiger charge is -2.13. The van der Waals surface area contributed by atoms with Gasteiger partial charge in [0.15, 0.2) is 10.9 Å². The van der Waals surface area contributed by atoms with Crippen molar-refractivity contribution in [1.29, 1.82) is 0 Å². The molecule has 0 aromatic carbocycles. The average Bonchev–Trinajstić information content (AvgIpc) is 2.27. The first kappa shape index (κ1) is 14.7. The summed E-state index contributed by atoms with van der Waals surface area (Å²) in [5.74, 6) is 1.11.